The van der Waals surface area contributed by atoms with E-state index in [0.717, 1.165) is 16.8 Å². The minimum Gasteiger partial charge on any atom is -0.319 e. The summed E-state index contributed by atoms with van der Waals surface area (Å²) >= 11 is 3.27. The summed E-state index contributed by atoms with van der Waals surface area (Å²) in [6.07, 6.45) is 3.35. The fourth-order valence-electron chi connectivity index (χ4n) is 2.74. The van der Waals surface area contributed by atoms with Gasteiger partial charge in [0.1, 0.15) is 0 Å². The molecule has 0 atom stereocenters. The highest BCUT2D eigenvalue weighted by Crippen LogP contribution is 2.21. The van der Waals surface area contributed by atoms with Crippen molar-refractivity contribution in [3.8, 4) is 0 Å². The normalized spacial score (nSPS) is 12.0. The maximum absolute atomic E-state index is 12.3. The molecule has 3 rings (SSSR count). The van der Waals surface area contributed by atoms with Crippen LogP contribution in [0.25, 0.3) is 10.2 Å². The van der Waals surface area contributed by atoms with Gasteiger partial charge in [-0.25, -0.2) is 0 Å². The molecule has 5 heteroatoms. The molecule has 0 saturated carbocycles. The molecule has 124 valence electrons. The van der Waals surface area contributed by atoms with Crippen LogP contribution in [-0.2, 0) is 24.7 Å². The Morgan fingerprint density at radius 2 is 1.96 bits per heavy atom. The topological polar surface area (TPSA) is 34.4 Å². The highest BCUT2D eigenvalue weighted by Gasteiger charge is 2.08. The van der Waals surface area contributed by atoms with Gasteiger partial charge in [-0.15, -0.1) is 11.8 Å². The monoisotopic (exact) mass is 356 g/mol. The van der Waals surface area contributed by atoms with E-state index >= 15 is 0 Å². The van der Waals surface area contributed by atoms with E-state index in [1.807, 2.05) is 42.1 Å². The van der Waals surface area contributed by atoms with Crippen LogP contribution in [0.5, 0.6) is 0 Å². The molecule has 0 bridgehead atoms. The Kier molecular flexibility index (Phi) is 5.21. The molecule has 1 amide bonds. The van der Waals surface area contributed by atoms with Crippen LogP contribution in [0.15, 0.2) is 52.4 Å². The van der Waals surface area contributed by atoms with Crippen LogP contribution in [0.3, 0.4) is 0 Å². The van der Waals surface area contributed by atoms with Gasteiger partial charge in [0.2, 0.25) is 0 Å². The van der Waals surface area contributed by atoms with Crippen molar-refractivity contribution >= 4 is 39.2 Å². The molecular formula is C19H20N2OS2. The SMILES string of the molecule is CCc1cccc2sc(=NC(=O)Cc3ccc(SC)cc3)n(C)c12. The number of carbonyl (C=O) groups is 1. The zero-order chi connectivity index (χ0) is 17.1. The first kappa shape index (κ1) is 17.0. The predicted molar refractivity (Wildman–Crippen MR) is 103 cm³/mol. The second kappa shape index (κ2) is 7.36. The van der Waals surface area contributed by atoms with E-state index in [-0.39, 0.29) is 5.91 Å². The minimum atomic E-state index is -0.105. The molecule has 0 aliphatic carbocycles. The fourth-order valence-corrected chi connectivity index (χ4v) is 4.23. The molecular weight excluding hydrogens is 336 g/mol. The van der Waals surface area contributed by atoms with E-state index < -0.39 is 0 Å². The van der Waals surface area contributed by atoms with Gasteiger partial charge in [0, 0.05) is 11.9 Å². The van der Waals surface area contributed by atoms with E-state index in [1.165, 1.54) is 20.7 Å². The molecule has 0 aliphatic heterocycles. The summed E-state index contributed by atoms with van der Waals surface area (Å²) in [7, 11) is 1.98. The molecule has 2 aromatic carbocycles. The first-order chi connectivity index (χ1) is 11.6. The van der Waals surface area contributed by atoms with Gasteiger partial charge >= 0.3 is 0 Å². The van der Waals surface area contributed by atoms with Crippen LogP contribution in [0.4, 0.5) is 0 Å². The molecule has 0 saturated heterocycles. The Bertz CT molecular complexity index is 936. The van der Waals surface area contributed by atoms with Crippen molar-refractivity contribution < 1.29 is 4.79 Å². The third kappa shape index (κ3) is 3.47. The summed E-state index contributed by atoms with van der Waals surface area (Å²) < 4.78 is 3.21. The zero-order valence-corrected chi connectivity index (χ0v) is 15.7. The van der Waals surface area contributed by atoms with Gasteiger partial charge in [-0.3, -0.25) is 4.79 Å². The summed E-state index contributed by atoms with van der Waals surface area (Å²) in [6, 6.07) is 14.4. The summed E-state index contributed by atoms with van der Waals surface area (Å²) in [6.45, 7) is 2.15. The molecule has 0 aliphatic rings. The molecule has 0 unspecified atom stereocenters. The number of rotatable bonds is 4. The highest BCUT2D eigenvalue weighted by molar-refractivity contribution is 7.98. The lowest BCUT2D eigenvalue weighted by molar-refractivity contribution is -0.117. The number of carbonyl (C=O) groups excluding carboxylic acids is 1. The Labute approximate surface area is 150 Å². The minimum absolute atomic E-state index is 0.105. The summed E-state index contributed by atoms with van der Waals surface area (Å²) in [5.74, 6) is -0.105. The maximum atomic E-state index is 12.3. The number of para-hydroxylation sites is 1. The van der Waals surface area contributed by atoms with Gasteiger partial charge in [-0.05, 0) is 42.0 Å². The summed E-state index contributed by atoms with van der Waals surface area (Å²) in [5, 5.41) is 0. The van der Waals surface area contributed by atoms with Crippen LogP contribution in [0, 0.1) is 0 Å². The third-order valence-corrected chi connectivity index (χ3v) is 5.86. The van der Waals surface area contributed by atoms with E-state index in [1.54, 1.807) is 23.1 Å². The maximum Gasteiger partial charge on any atom is 0.252 e. The fraction of sp³-hybridized carbons (Fsp3) is 0.263. The number of benzene rings is 2. The summed E-state index contributed by atoms with van der Waals surface area (Å²) in [4.78, 5) is 18.6. The average Bonchev–Trinajstić information content (AvgIpc) is 2.91. The molecule has 0 N–H and O–H groups in total. The van der Waals surface area contributed by atoms with E-state index in [9.17, 15) is 4.79 Å². The standard InChI is InChI=1S/C19H20N2OS2/c1-4-14-6-5-7-16-18(14)21(2)19(24-16)20-17(22)12-13-8-10-15(23-3)11-9-13/h5-11H,4,12H2,1-3H3. The highest BCUT2D eigenvalue weighted by atomic mass is 32.2. The second-order valence-electron chi connectivity index (χ2n) is 5.59. The lowest BCUT2D eigenvalue weighted by atomic mass is 10.1. The number of aromatic nitrogens is 1. The van der Waals surface area contributed by atoms with E-state index in [2.05, 4.69) is 30.1 Å². The van der Waals surface area contributed by atoms with Crippen molar-refractivity contribution in [3.63, 3.8) is 0 Å². The van der Waals surface area contributed by atoms with Crippen molar-refractivity contribution in [1.29, 1.82) is 0 Å². The van der Waals surface area contributed by atoms with E-state index in [0.29, 0.717) is 6.42 Å². The average molecular weight is 357 g/mol. The largest absolute Gasteiger partial charge is 0.319 e. The molecule has 1 aromatic heterocycles. The van der Waals surface area contributed by atoms with Crippen molar-refractivity contribution in [2.45, 2.75) is 24.7 Å². The Morgan fingerprint density at radius 3 is 2.62 bits per heavy atom. The van der Waals surface area contributed by atoms with Gasteiger partial charge < -0.3 is 4.57 Å². The first-order valence-electron chi connectivity index (χ1n) is 7.90. The third-order valence-electron chi connectivity index (χ3n) is 4.02. The van der Waals surface area contributed by atoms with Crippen LogP contribution in [-0.4, -0.2) is 16.7 Å². The number of thioether (sulfide) groups is 1. The number of hydrogen-bond donors (Lipinski definition) is 0. The lowest BCUT2D eigenvalue weighted by Crippen LogP contribution is -2.14. The lowest BCUT2D eigenvalue weighted by Gasteiger charge is -2.02. The van der Waals surface area contributed by atoms with Crippen molar-refractivity contribution in [3.05, 3.63) is 58.4 Å². The Morgan fingerprint density at radius 1 is 1.21 bits per heavy atom. The van der Waals surface area contributed by atoms with Crippen LogP contribution in [0.2, 0.25) is 0 Å². The molecule has 0 spiro atoms. The molecule has 3 aromatic rings. The van der Waals surface area contributed by atoms with E-state index in [4.69, 9.17) is 0 Å². The number of fused-ring (bicyclic) bond motifs is 1. The predicted octanol–water partition coefficient (Wildman–Crippen LogP) is 4.19. The molecule has 0 fully saturated rings. The quantitative estimate of drug-likeness (QED) is 0.657. The van der Waals surface area contributed by atoms with Crippen LogP contribution in [0.1, 0.15) is 18.1 Å². The van der Waals surface area contributed by atoms with Crippen molar-refractivity contribution in [1.82, 2.24) is 4.57 Å². The van der Waals surface area contributed by atoms with Gasteiger partial charge in [0.05, 0.1) is 16.6 Å². The first-order valence-corrected chi connectivity index (χ1v) is 9.94. The summed E-state index contributed by atoms with van der Waals surface area (Å²) in [5.41, 5.74) is 3.47. The van der Waals surface area contributed by atoms with Crippen molar-refractivity contribution in [2.24, 2.45) is 12.0 Å². The van der Waals surface area contributed by atoms with Crippen LogP contribution >= 0.6 is 23.1 Å². The van der Waals surface area contributed by atoms with Gasteiger partial charge in [0.15, 0.2) is 4.80 Å². The van der Waals surface area contributed by atoms with Gasteiger partial charge in [-0.2, -0.15) is 4.99 Å². The smallest absolute Gasteiger partial charge is 0.252 e. The molecule has 24 heavy (non-hydrogen) atoms. The Balaban J connectivity index is 1.91. The Hall–Kier alpha value is -1.85. The second-order valence-corrected chi connectivity index (χ2v) is 7.48. The van der Waals surface area contributed by atoms with Crippen molar-refractivity contribution in [2.75, 3.05) is 6.26 Å². The number of amides is 1. The number of hydrogen-bond acceptors (Lipinski definition) is 3. The van der Waals surface area contributed by atoms with Gasteiger partial charge in [0.25, 0.3) is 5.91 Å². The molecule has 0 radical (unpaired) electrons. The zero-order valence-electron chi connectivity index (χ0n) is 14.1. The molecule has 3 nitrogen and oxygen atoms in total. The number of nitrogens with zero attached hydrogens (tertiary/aromatic N) is 2. The van der Waals surface area contributed by atoms with Gasteiger partial charge in [-0.1, -0.05) is 42.5 Å². The number of thiazole rings is 1. The molecule has 1 heterocycles. The van der Waals surface area contributed by atoms with Crippen LogP contribution < -0.4 is 4.80 Å². The number of aryl methyl sites for hydroxylation is 2.